The molecule has 16 heteroatoms. The van der Waals surface area contributed by atoms with Gasteiger partial charge in [0.25, 0.3) is 5.91 Å². The highest BCUT2D eigenvalue weighted by Gasteiger charge is 2.53. The first kappa shape index (κ1) is 39.1. The molecule has 0 saturated heterocycles. The summed E-state index contributed by atoms with van der Waals surface area (Å²) in [6.45, 7) is -0.634. The number of rotatable bonds is 14. The SMILES string of the molecule is COc1cccc([C@H]2OC(c3ccc(OCCCO)cc3)=N[C@@]2(CCS(=O)(=O)c2ccccc2)C(=O)NCc2cc(C(F)(F)F)cc(C(F)(F)F)c2)c1. The Bertz CT molecular complexity index is 2010. The van der Waals surface area contributed by atoms with Crippen LogP contribution >= 0.6 is 0 Å². The highest BCUT2D eigenvalue weighted by molar-refractivity contribution is 7.91. The van der Waals surface area contributed by atoms with Gasteiger partial charge in [-0.25, -0.2) is 13.4 Å². The Morgan fingerprint density at radius 3 is 2.15 bits per heavy atom. The number of nitrogens with zero attached hydrogens (tertiary/aromatic N) is 1. The zero-order valence-corrected chi connectivity index (χ0v) is 28.9. The van der Waals surface area contributed by atoms with Gasteiger partial charge in [0, 0.05) is 31.6 Å². The summed E-state index contributed by atoms with van der Waals surface area (Å²) in [7, 11) is -2.66. The van der Waals surface area contributed by atoms with Gasteiger partial charge in [-0.15, -0.1) is 0 Å². The normalized spacial score (nSPS) is 17.5. The minimum absolute atomic E-state index is 0.0234. The van der Waals surface area contributed by atoms with Gasteiger partial charge in [-0.3, -0.25) is 4.79 Å². The molecule has 1 aliphatic heterocycles. The Morgan fingerprint density at radius 2 is 1.55 bits per heavy atom. The van der Waals surface area contributed by atoms with Crippen LogP contribution in [0.1, 0.15) is 46.8 Å². The number of hydrogen-bond acceptors (Lipinski definition) is 8. The number of ether oxygens (including phenoxy) is 3. The summed E-state index contributed by atoms with van der Waals surface area (Å²) in [4.78, 5) is 19.1. The van der Waals surface area contributed by atoms with Crippen LogP contribution in [-0.2, 0) is 38.3 Å². The number of halogens is 6. The molecular weight excluding hydrogens is 730 g/mol. The third-order valence-corrected chi connectivity index (χ3v) is 10.1. The van der Waals surface area contributed by atoms with Crippen LogP contribution in [0, 0.1) is 0 Å². The molecule has 0 aliphatic carbocycles. The maximum atomic E-state index is 14.5. The van der Waals surface area contributed by atoms with Crippen molar-refractivity contribution in [2.24, 2.45) is 4.99 Å². The fraction of sp³-hybridized carbons (Fsp3) is 0.297. The molecule has 1 heterocycles. The number of sulfone groups is 1. The maximum Gasteiger partial charge on any atom is 0.416 e. The van der Waals surface area contributed by atoms with Crippen LogP contribution in [0.2, 0.25) is 0 Å². The zero-order chi connectivity index (χ0) is 38.4. The standard InChI is InChI=1S/C37H34F6N2O7S/c1-50-30-8-5-7-26(21-30)32-35(15-18-53(48,49)31-9-3-2-4-10-31,45-33(52-32)25-11-13-29(14-12-25)51-17-6-16-46)34(47)44-23-24-19-27(36(38,39)40)22-28(20-24)37(41,42)43/h2-5,7-14,19-22,32,46H,6,15-18,23H2,1H3,(H,44,47)/t32-,35-/m1/s1. The van der Waals surface area contributed by atoms with Gasteiger partial charge in [0.05, 0.1) is 35.5 Å². The van der Waals surface area contributed by atoms with E-state index >= 15 is 0 Å². The monoisotopic (exact) mass is 764 g/mol. The molecule has 1 aliphatic rings. The summed E-state index contributed by atoms with van der Waals surface area (Å²) >= 11 is 0. The summed E-state index contributed by atoms with van der Waals surface area (Å²) in [6.07, 6.45) is -11.7. The third kappa shape index (κ3) is 9.29. The lowest BCUT2D eigenvalue weighted by Gasteiger charge is -2.31. The third-order valence-electron chi connectivity index (χ3n) is 8.38. The summed E-state index contributed by atoms with van der Waals surface area (Å²) in [5.74, 6) is -0.963. The van der Waals surface area contributed by atoms with Gasteiger partial charge in [-0.2, -0.15) is 26.3 Å². The van der Waals surface area contributed by atoms with Gasteiger partial charge in [0.1, 0.15) is 11.5 Å². The van der Waals surface area contributed by atoms with E-state index < -0.39 is 75.1 Å². The molecule has 2 N–H and O–H groups in total. The molecule has 1 amide bonds. The first-order chi connectivity index (χ1) is 25.1. The number of aliphatic hydroxyl groups is 1. The molecule has 53 heavy (non-hydrogen) atoms. The fourth-order valence-corrected chi connectivity index (χ4v) is 7.05. The molecule has 4 aromatic rings. The second-order valence-electron chi connectivity index (χ2n) is 12.0. The van der Waals surface area contributed by atoms with E-state index in [4.69, 9.17) is 19.3 Å². The van der Waals surface area contributed by atoms with Gasteiger partial charge in [-0.05, 0) is 77.9 Å². The number of aliphatic imine (C=N–C) groups is 1. The number of nitrogens with one attached hydrogen (secondary N) is 1. The van der Waals surface area contributed by atoms with E-state index in [9.17, 15) is 39.6 Å². The molecule has 0 spiro atoms. The minimum atomic E-state index is -5.12. The van der Waals surface area contributed by atoms with Gasteiger partial charge in [0.15, 0.2) is 21.5 Å². The van der Waals surface area contributed by atoms with Crippen LogP contribution in [0.4, 0.5) is 26.3 Å². The highest BCUT2D eigenvalue weighted by Crippen LogP contribution is 2.44. The van der Waals surface area contributed by atoms with Gasteiger partial charge in [0.2, 0.25) is 5.90 Å². The number of carbonyl (C=O) groups is 1. The summed E-state index contributed by atoms with van der Waals surface area (Å²) in [6, 6.07) is 21.0. The van der Waals surface area contributed by atoms with Crippen LogP contribution in [-0.4, -0.2) is 56.9 Å². The Hall–Kier alpha value is -5.09. The van der Waals surface area contributed by atoms with Gasteiger partial charge < -0.3 is 24.6 Å². The minimum Gasteiger partial charge on any atom is -0.497 e. The lowest BCUT2D eigenvalue weighted by molar-refractivity contribution is -0.143. The van der Waals surface area contributed by atoms with Gasteiger partial charge in [-0.1, -0.05) is 30.3 Å². The molecular formula is C37H34F6N2O7S. The smallest absolute Gasteiger partial charge is 0.416 e. The first-order valence-corrected chi connectivity index (χ1v) is 17.8. The highest BCUT2D eigenvalue weighted by atomic mass is 32.2. The van der Waals surface area contributed by atoms with Crippen LogP contribution in [0.15, 0.2) is 107 Å². The number of aliphatic hydroxyl groups excluding tert-OH is 1. The second-order valence-corrected chi connectivity index (χ2v) is 14.2. The Labute approximate surface area is 301 Å². The Morgan fingerprint density at radius 1 is 0.887 bits per heavy atom. The van der Waals surface area contributed by atoms with Crippen LogP contribution in [0.3, 0.4) is 0 Å². The van der Waals surface area contributed by atoms with E-state index in [1.54, 1.807) is 48.5 Å². The van der Waals surface area contributed by atoms with E-state index in [1.165, 1.54) is 37.4 Å². The quantitative estimate of drug-likeness (QED) is 0.106. The van der Waals surface area contributed by atoms with Crippen molar-refractivity contribution in [3.05, 3.63) is 125 Å². The predicted octanol–water partition coefficient (Wildman–Crippen LogP) is 6.93. The topological polar surface area (TPSA) is 124 Å². The van der Waals surface area contributed by atoms with Crippen molar-refractivity contribution in [2.45, 2.75) is 48.3 Å². The molecule has 0 bridgehead atoms. The molecule has 0 fully saturated rings. The number of amides is 1. The number of alkyl halides is 6. The molecule has 4 aromatic carbocycles. The molecule has 0 unspecified atom stereocenters. The lowest BCUT2D eigenvalue weighted by Crippen LogP contribution is -2.49. The Balaban J connectivity index is 1.59. The maximum absolute atomic E-state index is 14.5. The van der Waals surface area contributed by atoms with Crippen molar-refractivity contribution in [3.8, 4) is 11.5 Å². The van der Waals surface area contributed by atoms with Gasteiger partial charge >= 0.3 is 12.4 Å². The molecule has 2 atom stereocenters. The summed E-state index contributed by atoms with van der Waals surface area (Å²) in [5, 5.41) is 11.5. The number of methoxy groups -OCH3 is 1. The van der Waals surface area contributed by atoms with Crippen molar-refractivity contribution >= 4 is 21.6 Å². The fourth-order valence-electron chi connectivity index (χ4n) is 5.67. The van der Waals surface area contributed by atoms with Crippen molar-refractivity contribution in [1.29, 1.82) is 0 Å². The van der Waals surface area contributed by atoms with E-state index in [-0.39, 0.29) is 30.1 Å². The van der Waals surface area contributed by atoms with Crippen molar-refractivity contribution in [2.75, 3.05) is 26.1 Å². The van der Waals surface area contributed by atoms with E-state index in [0.29, 0.717) is 41.2 Å². The predicted molar refractivity (Wildman–Crippen MR) is 181 cm³/mol. The number of hydrogen-bond donors (Lipinski definition) is 2. The lowest BCUT2D eigenvalue weighted by atomic mass is 9.85. The largest absolute Gasteiger partial charge is 0.497 e. The van der Waals surface area contributed by atoms with E-state index in [2.05, 4.69) is 10.3 Å². The molecule has 5 rings (SSSR count). The second kappa shape index (κ2) is 15.9. The molecule has 0 saturated carbocycles. The average molecular weight is 765 g/mol. The van der Waals surface area contributed by atoms with Crippen LogP contribution in [0.25, 0.3) is 0 Å². The molecule has 0 radical (unpaired) electrons. The number of carbonyl (C=O) groups excluding carboxylic acids is 1. The van der Waals surface area contributed by atoms with Crippen LogP contribution < -0.4 is 14.8 Å². The molecule has 282 valence electrons. The Kier molecular flexibility index (Phi) is 11.7. The van der Waals surface area contributed by atoms with Crippen molar-refractivity contribution in [3.63, 3.8) is 0 Å². The molecule has 0 aromatic heterocycles. The average Bonchev–Trinajstić information content (AvgIpc) is 3.54. The first-order valence-electron chi connectivity index (χ1n) is 16.1. The summed E-state index contributed by atoms with van der Waals surface area (Å²) in [5.41, 5.74) is -5.09. The van der Waals surface area contributed by atoms with Crippen molar-refractivity contribution < 1.29 is 58.9 Å². The van der Waals surface area contributed by atoms with E-state index in [1.807, 2.05) is 0 Å². The number of benzene rings is 4. The van der Waals surface area contributed by atoms with E-state index in [0.717, 1.165) is 0 Å². The zero-order valence-electron chi connectivity index (χ0n) is 28.1. The summed E-state index contributed by atoms with van der Waals surface area (Å²) < 4.78 is 126. The van der Waals surface area contributed by atoms with Crippen molar-refractivity contribution in [1.82, 2.24) is 5.32 Å². The molecule has 9 nitrogen and oxygen atoms in total. The van der Waals surface area contributed by atoms with Crippen LogP contribution in [0.5, 0.6) is 11.5 Å².